The largest absolute Gasteiger partial charge is 0.390 e. The molecule has 2 aromatic carbocycles. The molecule has 1 atom stereocenters. The topological polar surface area (TPSA) is 23.5 Å². The average Bonchev–Trinajstić information content (AvgIpc) is 2.53. The molecule has 2 heteroatoms. The number of nitrogens with zero attached hydrogens (tertiary/aromatic N) is 1. The van der Waals surface area contributed by atoms with Gasteiger partial charge in [0.05, 0.1) is 5.60 Å². The summed E-state index contributed by atoms with van der Waals surface area (Å²) in [5, 5.41) is 10.0. The van der Waals surface area contributed by atoms with Crippen LogP contribution in [0.1, 0.15) is 44.7 Å². The maximum atomic E-state index is 10.0. The first-order valence-electron chi connectivity index (χ1n) is 8.48. The SMILES string of the molecule is CC(CCC(C)(C)O)N(Cc1ccccc1)Cc1ccccc1. The quantitative estimate of drug-likeness (QED) is 0.768. The number of hydrogen-bond acceptors (Lipinski definition) is 2. The van der Waals surface area contributed by atoms with Gasteiger partial charge >= 0.3 is 0 Å². The summed E-state index contributed by atoms with van der Waals surface area (Å²) in [4.78, 5) is 2.50. The van der Waals surface area contributed by atoms with E-state index in [1.165, 1.54) is 11.1 Å². The lowest BCUT2D eigenvalue weighted by Gasteiger charge is -2.31. The third kappa shape index (κ3) is 6.55. The maximum Gasteiger partial charge on any atom is 0.0592 e. The zero-order valence-corrected chi connectivity index (χ0v) is 14.6. The van der Waals surface area contributed by atoms with Gasteiger partial charge in [0.25, 0.3) is 0 Å². The van der Waals surface area contributed by atoms with Gasteiger partial charge in [-0.3, -0.25) is 4.90 Å². The fourth-order valence-electron chi connectivity index (χ4n) is 2.75. The molecule has 124 valence electrons. The Morgan fingerprint density at radius 2 is 1.30 bits per heavy atom. The summed E-state index contributed by atoms with van der Waals surface area (Å²) in [5.41, 5.74) is 2.07. The predicted molar refractivity (Wildman–Crippen MR) is 97.1 cm³/mol. The molecule has 2 nitrogen and oxygen atoms in total. The Morgan fingerprint density at radius 3 is 1.70 bits per heavy atom. The minimum absolute atomic E-state index is 0.418. The van der Waals surface area contributed by atoms with E-state index in [1.54, 1.807) is 0 Å². The maximum absolute atomic E-state index is 10.0. The van der Waals surface area contributed by atoms with Gasteiger partial charge in [-0.05, 0) is 44.7 Å². The normalized spacial score (nSPS) is 13.3. The fraction of sp³-hybridized carbons (Fsp3) is 0.429. The van der Waals surface area contributed by atoms with Crippen LogP contribution in [0, 0.1) is 0 Å². The predicted octanol–water partition coefficient (Wildman–Crippen LogP) is 4.63. The molecule has 2 rings (SSSR count). The van der Waals surface area contributed by atoms with Gasteiger partial charge in [0.15, 0.2) is 0 Å². The molecule has 1 unspecified atom stereocenters. The van der Waals surface area contributed by atoms with Crippen molar-refractivity contribution in [2.75, 3.05) is 0 Å². The fourth-order valence-corrected chi connectivity index (χ4v) is 2.75. The Hall–Kier alpha value is -1.64. The lowest BCUT2D eigenvalue weighted by Crippen LogP contribution is -2.34. The summed E-state index contributed by atoms with van der Waals surface area (Å²) in [6.07, 6.45) is 1.80. The second-order valence-corrected chi connectivity index (χ2v) is 7.08. The molecule has 0 amide bonds. The molecule has 0 aliphatic carbocycles. The van der Waals surface area contributed by atoms with Crippen molar-refractivity contribution < 1.29 is 5.11 Å². The Labute approximate surface area is 140 Å². The van der Waals surface area contributed by atoms with Gasteiger partial charge in [-0.15, -0.1) is 0 Å². The zero-order chi connectivity index (χ0) is 16.7. The number of aliphatic hydroxyl groups is 1. The second kappa shape index (κ2) is 8.28. The van der Waals surface area contributed by atoms with Crippen LogP contribution in [0.2, 0.25) is 0 Å². The highest BCUT2D eigenvalue weighted by Gasteiger charge is 2.19. The Bertz CT molecular complexity index is 518. The van der Waals surface area contributed by atoms with Gasteiger partial charge in [0.1, 0.15) is 0 Å². The minimum Gasteiger partial charge on any atom is -0.390 e. The first kappa shape index (κ1) is 17.7. The average molecular weight is 311 g/mol. The van der Waals surface area contributed by atoms with Gasteiger partial charge < -0.3 is 5.11 Å². The van der Waals surface area contributed by atoms with E-state index >= 15 is 0 Å². The Balaban J connectivity index is 2.07. The van der Waals surface area contributed by atoms with E-state index in [9.17, 15) is 5.11 Å². The summed E-state index contributed by atoms with van der Waals surface area (Å²) in [7, 11) is 0. The molecule has 0 aromatic heterocycles. The molecule has 23 heavy (non-hydrogen) atoms. The van der Waals surface area contributed by atoms with Gasteiger partial charge in [-0.2, -0.15) is 0 Å². The molecule has 2 aromatic rings. The summed E-state index contributed by atoms with van der Waals surface area (Å²) in [5.74, 6) is 0. The Kier molecular flexibility index (Phi) is 6.37. The van der Waals surface area contributed by atoms with E-state index in [4.69, 9.17) is 0 Å². The third-order valence-corrected chi connectivity index (χ3v) is 4.25. The van der Waals surface area contributed by atoms with Crippen molar-refractivity contribution in [3.8, 4) is 0 Å². The molecule has 0 saturated heterocycles. The lowest BCUT2D eigenvalue weighted by atomic mass is 9.98. The highest BCUT2D eigenvalue weighted by Crippen LogP contribution is 2.19. The highest BCUT2D eigenvalue weighted by molar-refractivity contribution is 5.17. The molecule has 0 fully saturated rings. The summed E-state index contributed by atoms with van der Waals surface area (Å²) in [6, 6.07) is 21.6. The first-order valence-corrected chi connectivity index (χ1v) is 8.48. The van der Waals surface area contributed by atoms with Crippen LogP contribution in [0.25, 0.3) is 0 Å². The molecule has 0 radical (unpaired) electrons. The van der Waals surface area contributed by atoms with Crippen molar-refractivity contribution in [1.82, 2.24) is 4.90 Å². The van der Waals surface area contributed by atoms with Gasteiger partial charge in [0.2, 0.25) is 0 Å². The molecule has 0 bridgehead atoms. The van der Waals surface area contributed by atoms with Crippen molar-refractivity contribution in [3.63, 3.8) is 0 Å². The van der Waals surface area contributed by atoms with Crippen molar-refractivity contribution >= 4 is 0 Å². The molecule has 0 saturated carbocycles. The van der Waals surface area contributed by atoms with Crippen LogP contribution in [0.3, 0.4) is 0 Å². The molecule has 0 spiro atoms. The number of benzene rings is 2. The summed E-state index contributed by atoms with van der Waals surface area (Å²) >= 11 is 0. The van der Waals surface area contributed by atoms with Crippen molar-refractivity contribution in [2.24, 2.45) is 0 Å². The van der Waals surface area contributed by atoms with Crippen LogP contribution in [-0.2, 0) is 13.1 Å². The molecular formula is C21H29NO. The van der Waals surface area contributed by atoms with Crippen LogP contribution < -0.4 is 0 Å². The van der Waals surface area contributed by atoms with Crippen molar-refractivity contribution in [1.29, 1.82) is 0 Å². The second-order valence-electron chi connectivity index (χ2n) is 7.08. The van der Waals surface area contributed by atoms with E-state index in [0.717, 1.165) is 25.9 Å². The minimum atomic E-state index is -0.598. The van der Waals surface area contributed by atoms with E-state index in [1.807, 2.05) is 13.8 Å². The lowest BCUT2D eigenvalue weighted by molar-refractivity contribution is 0.0558. The van der Waals surface area contributed by atoms with Gasteiger partial charge in [0, 0.05) is 19.1 Å². The van der Waals surface area contributed by atoms with Gasteiger partial charge in [-0.1, -0.05) is 60.7 Å². The molecule has 0 heterocycles. The smallest absolute Gasteiger partial charge is 0.0592 e. The first-order chi connectivity index (χ1) is 10.9. The van der Waals surface area contributed by atoms with Crippen LogP contribution in [0.15, 0.2) is 60.7 Å². The van der Waals surface area contributed by atoms with E-state index in [2.05, 4.69) is 72.5 Å². The molecule has 0 aliphatic rings. The number of hydrogen-bond donors (Lipinski definition) is 1. The third-order valence-electron chi connectivity index (χ3n) is 4.25. The molecular weight excluding hydrogens is 282 g/mol. The Morgan fingerprint density at radius 1 is 0.870 bits per heavy atom. The molecule has 0 aliphatic heterocycles. The van der Waals surface area contributed by atoms with E-state index in [0.29, 0.717) is 6.04 Å². The van der Waals surface area contributed by atoms with Crippen molar-refractivity contribution in [2.45, 2.75) is 58.3 Å². The van der Waals surface area contributed by atoms with E-state index in [-0.39, 0.29) is 0 Å². The standard InChI is InChI=1S/C21H29NO/c1-18(14-15-21(2,3)23)22(16-19-10-6-4-7-11-19)17-20-12-8-5-9-13-20/h4-13,18,23H,14-17H2,1-3H3. The summed E-state index contributed by atoms with van der Waals surface area (Å²) < 4.78 is 0. The number of rotatable bonds is 8. The van der Waals surface area contributed by atoms with Crippen molar-refractivity contribution in [3.05, 3.63) is 71.8 Å². The van der Waals surface area contributed by atoms with Crippen LogP contribution in [0.4, 0.5) is 0 Å². The van der Waals surface area contributed by atoms with Gasteiger partial charge in [-0.25, -0.2) is 0 Å². The molecule has 1 N–H and O–H groups in total. The summed E-state index contributed by atoms with van der Waals surface area (Å²) in [6.45, 7) is 7.90. The zero-order valence-electron chi connectivity index (χ0n) is 14.6. The monoisotopic (exact) mass is 311 g/mol. The van der Waals surface area contributed by atoms with Crippen LogP contribution in [0.5, 0.6) is 0 Å². The van der Waals surface area contributed by atoms with E-state index < -0.39 is 5.60 Å². The van der Waals surface area contributed by atoms with Crippen LogP contribution >= 0.6 is 0 Å². The van der Waals surface area contributed by atoms with Crippen LogP contribution in [-0.4, -0.2) is 21.6 Å². The highest BCUT2D eigenvalue weighted by atomic mass is 16.3.